The van der Waals surface area contributed by atoms with Crippen LogP contribution in [0.3, 0.4) is 0 Å². The monoisotopic (exact) mass is 421 g/mol. The molecule has 0 fully saturated rings. The average Bonchev–Trinajstić information content (AvgIpc) is 3.35. The smallest absolute Gasteiger partial charge is 0.183 e. The van der Waals surface area contributed by atoms with Crippen LogP contribution in [0.4, 0.5) is 4.39 Å². The van der Waals surface area contributed by atoms with E-state index in [1.54, 1.807) is 37.6 Å². The maximum Gasteiger partial charge on any atom is 0.183 e. The van der Waals surface area contributed by atoms with E-state index in [0.29, 0.717) is 11.3 Å². The first-order chi connectivity index (χ1) is 14.6. The normalized spacial score (nSPS) is 13.7. The third kappa shape index (κ3) is 2.95. The van der Waals surface area contributed by atoms with E-state index in [2.05, 4.69) is 19.5 Å². The van der Waals surface area contributed by atoms with Crippen molar-refractivity contribution < 1.29 is 9.13 Å². The quantitative estimate of drug-likeness (QED) is 0.442. The summed E-state index contributed by atoms with van der Waals surface area (Å²) >= 11 is 1.67. The molecule has 0 N–H and O–H groups in total. The van der Waals surface area contributed by atoms with E-state index in [9.17, 15) is 4.39 Å². The van der Waals surface area contributed by atoms with Gasteiger partial charge in [0.25, 0.3) is 0 Å². The number of methoxy groups -OCH3 is 1. The number of halogens is 1. The third-order valence-corrected chi connectivity index (χ3v) is 6.39. The SMILES string of the molecule is CCn1cnc2c(-c3ccc(F)c(-c4ccc5c(c4OC)CN(C)S5)c3)cnnc21. The van der Waals surface area contributed by atoms with Crippen molar-refractivity contribution in [1.29, 1.82) is 0 Å². The standard InChI is InChI=1S/C22H20FN5OS/c1-4-28-12-24-20-16(10-25-26-22(20)28)13-5-7-18(23)15(9-13)14-6-8-19-17(21(14)29-3)11-27(2)30-19/h5-10,12H,4,11H2,1-3H3. The Hall–Kier alpha value is -2.97. The van der Waals surface area contributed by atoms with Crippen LogP contribution >= 0.6 is 11.9 Å². The van der Waals surface area contributed by atoms with Gasteiger partial charge >= 0.3 is 0 Å². The average molecular weight is 422 g/mol. The molecule has 30 heavy (non-hydrogen) atoms. The summed E-state index contributed by atoms with van der Waals surface area (Å²) in [6.07, 6.45) is 3.43. The fraction of sp³-hybridized carbons (Fsp3) is 0.227. The van der Waals surface area contributed by atoms with E-state index in [4.69, 9.17) is 4.74 Å². The zero-order valence-corrected chi connectivity index (χ0v) is 17.7. The lowest BCUT2D eigenvalue weighted by atomic mass is 9.96. The molecule has 5 rings (SSSR count). The van der Waals surface area contributed by atoms with E-state index in [0.717, 1.165) is 51.4 Å². The van der Waals surface area contributed by atoms with E-state index >= 15 is 0 Å². The maximum atomic E-state index is 15.0. The minimum absolute atomic E-state index is 0.298. The molecule has 0 radical (unpaired) electrons. The third-order valence-electron chi connectivity index (χ3n) is 5.37. The number of fused-ring (bicyclic) bond motifs is 2. The van der Waals surface area contributed by atoms with Crippen molar-refractivity contribution in [1.82, 2.24) is 24.1 Å². The van der Waals surface area contributed by atoms with E-state index < -0.39 is 0 Å². The van der Waals surface area contributed by atoms with E-state index in [1.807, 2.05) is 36.7 Å². The zero-order valence-electron chi connectivity index (χ0n) is 16.9. The number of nitrogens with zero attached hydrogens (tertiary/aromatic N) is 5. The molecule has 0 saturated carbocycles. The first kappa shape index (κ1) is 19.0. The van der Waals surface area contributed by atoms with Gasteiger partial charge in [0.2, 0.25) is 0 Å². The van der Waals surface area contributed by atoms with Crippen molar-refractivity contribution in [3.63, 3.8) is 0 Å². The lowest BCUT2D eigenvalue weighted by Gasteiger charge is -2.14. The fourth-order valence-corrected chi connectivity index (χ4v) is 4.85. The first-order valence-corrected chi connectivity index (χ1v) is 10.4. The van der Waals surface area contributed by atoms with Gasteiger partial charge in [0.15, 0.2) is 5.65 Å². The molecule has 8 heteroatoms. The Morgan fingerprint density at radius 2 is 2.03 bits per heavy atom. The highest BCUT2D eigenvalue weighted by atomic mass is 32.2. The van der Waals surface area contributed by atoms with Crippen LogP contribution in [0.1, 0.15) is 12.5 Å². The van der Waals surface area contributed by atoms with Crippen molar-refractivity contribution in [2.45, 2.75) is 24.9 Å². The summed E-state index contributed by atoms with van der Waals surface area (Å²) in [6.45, 7) is 3.53. The number of hydrogen-bond acceptors (Lipinski definition) is 6. The Kier molecular flexibility index (Phi) is 4.67. The van der Waals surface area contributed by atoms with Gasteiger partial charge in [-0.2, -0.15) is 5.10 Å². The molecular formula is C22H20FN5OS. The molecule has 0 saturated heterocycles. The molecule has 4 aromatic rings. The minimum Gasteiger partial charge on any atom is -0.496 e. The van der Waals surface area contributed by atoms with Gasteiger partial charge in [-0.05, 0) is 55.7 Å². The van der Waals surface area contributed by atoms with Crippen molar-refractivity contribution in [2.75, 3.05) is 14.2 Å². The van der Waals surface area contributed by atoms with Gasteiger partial charge in [0.05, 0.1) is 19.6 Å². The zero-order chi connectivity index (χ0) is 20.8. The van der Waals surface area contributed by atoms with Crippen LogP contribution in [0.5, 0.6) is 5.75 Å². The highest BCUT2D eigenvalue weighted by molar-refractivity contribution is 7.97. The second-order valence-electron chi connectivity index (χ2n) is 7.16. The van der Waals surface area contributed by atoms with Gasteiger partial charge < -0.3 is 9.30 Å². The Balaban J connectivity index is 1.68. The molecular weight excluding hydrogens is 401 g/mol. The van der Waals surface area contributed by atoms with E-state index in [1.165, 1.54) is 6.07 Å². The molecule has 3 heterocycles. The van der Waals surface area contributed by atoms with Gasteiger partial charge in [-0.1, -0.05) is 6.07 Å². The predicted octanol–water partition coefficient (Wildman–Crippen LogP) is 4.78. The van der Waals surface area contributed by atoms with Gasteiger partial charge in [0, 0.05) is 40.2 Å². The van der Waals surface area contributed by atoms with Gasteiger partial charge in [-0.25, -0.2) is 13.7 Å². The lowest BCUT2D eigenvalue weighted by molar-refractivity contribution is 0.405. The largest absolute Gasteiger partial charge is 0.496 e. The summed E-state index contributed by atoms with van der Waals surface area (Å²) in [5.74, 6) is 0.419. The van der Waals surface area contributed by atoms with Crippen molar-refractivity contribution >= 4 is 23.1 Å². The molecule has 1 aliphatic heterocycles. The summed E-state index contributed by atoms with van der Waals surface area (Å²) in [6, 6.07) is 9.04. The molecule has 0 unspecified atom stereocenters. The summed E-state index contributed by atoms with van der Waals surface area (Å²) in [5, 5.41) is 8.37. The van der Waals surface area contributed by atoms with E-state index in [-0.39, 0.29) is 5.82 Å². The number of aryl methyl sites for hydroxylation is 1. The number of aromatic nitrogens is 4. The van der Waals surface area contributed by atoms with Crippen LogP contribution in [0.2, 0.25) is 0 Å². The molecule has 0 spiro atoms. The number of benzene rings is 2. The van der Waals surface area contributed by atoms with Crippen LogP contribution in [-0.2, 0) is 13.1 Å². The van der Waals surface area contributed by atoms with Gasteiger partial charge in [0.1, 0.15) is 17.1 Å². The van der Waals surface area contributed by atoms with Crippen LogP contribution < -0.4 is 4.74 Å². The molecule has 2 aromatic carbocycles. The van der Waals surface area contributed by atoms with Crippen LogP contribution in [-0.4, -0.2) is 38.2 Å². The van der Waals surface area contributed by atoms with Crippen molar-refractivity contribution in [2.24, 2.45) is 0 Å². The Morgan fingerprint density at radius 3 is 2.83 bits per heavy atom. The Bertz CT molecular complexity index is 1270. The fourth-order valence-electron chi connectivity index (χ4n) is 3.93. The molecule has 1 aliphatic rings. The van der Waals surface area contributed by atoms with Gasteiger partial charge in [-0.15, -0.1) is 5.10 Å². The van der Waals surface area contributed by atoms with Crippen LogP contribution in [0.25, 0.3) is 33.4 Å². The van der Waals surface area contributed by atoms with Crippen molar-refractivity contribution in [3.05, 3.63) is 54.2 Å². The molecule has 6 nitrogen and oxygen atoms in total. The topological polar surface area (TPSA) is 56.1 Å². The molecule has 0 bridgehead atoms. The number of rotatable bonds is 4. The lowest BCUT2D eigenvalue weighted by Crippen LogP contribution is -2.02. The predicted molar refractivity (Wildman–Crippen MR) is 116 cm³/mol. The maximum absolute atomic E-state index is 15.0. The van der Waals surface area contributed by atoms with Crippen molar-refractivity contribution in [3.8, 4) is 28.0 Å². The molecule has 0 aliphatic carbocycles. The summed E-state index contributed by atoms with van der Waals surface area (Å²) in [5.41, 5.74) is 5.45. The number of ether oxygens (including phenoxy) is 1. The second-order valence-corrected chi connectivity index (χ2v) is 8.40. The highest BCUT2D eigenvalue weighted by Crippen LogP contribution is 2.45. The molecule has 0 amide bonds. The number of imidazole rings is 1. The highest BCUT2D eigenvalue weighted by Gasteiger charge is 2.25. The number of hydrogen-bond donors (Lipinski definition) is 0. The second kappa shape index (κ2) is 7.37. The molecule has 152 valence electrons. The molecule has 2 aromatic heterocycles. The summed E-state index contributed by atoms with van der Waals surface area (Å²) < 4.78 is 24.8. The minimum atomic E-state index is -0.298. The first-order valence-electron chi connectivity index (χ1n) is 9.66. The summed E-state index contributed by atoms with van der Waals surface area (Å²) in [4.78, 5) is 5.65. The Morgan fingerprint density at radius 1 is 1.17 bits per heavy atom. The van der Waals surface area contributed by atoms with Gasteiger partial charge in [-0.3, -0.25) is 0 Å². The summed E-state index contributed by atoms with van der Waals surface area (Å²) in [7, 11) is 3.67. The molecule has 0 atom stereocenters. The van der Waals surface area contributed by atoms with Crippen LogP contribution in [0.15, 0.2) is 47.8 Å². The Labute approximate surface area is 177 Å². The van der Waals surface area contributed by atoms with Crippen LogP contribution in [0, 0.1) is 5.82 Å².